The first-order valence-electron chi connectivity index (χ1n) is 17.8. The third-order valence-corrected chi connectivity index (χ3v) is 19.3. The van der Waals surface area contributed by atoms with Gasteiger partial charge in [0, 0.05) is 6.42 Å². The zero-order chi connectivity index (χ0) is 34.4. The number of carbonyl (C=O) groups excluding carboxylic acids is 1. The molecule has 0 aliphatic rings. The van der Waals surface area contributed by atoms with Crippen LogP contribution in [0, 0.1) is 0 Å². The van der Waals surface area contributed by atoms with Crippen molar-refractivity contribution in [2.45, 2.75) is 160 Å². The van der Waals surface area contributed by atoms with Crippen LogP contribution >= 0.6 is 0 Å². The molecule has 0 fully saturated rings. The number of nitrogens with one attached hydrogen (secondary N) is 1. The molecule has 0 saturated heterocycles. The molecule has 2 aromatic carbocycles. The monoisotopic (exact) mass is 669 g/mol. The molecule has 0 radical (unpaired) electrons. The van der Waals surface area contributed by atoms with Gasteiger partial charge in [0.05, 0.1) is 24.9 Å². The SMILES string of the molecule is CC(C)(C)[Si](C)(C)O[C@@H]([C@H](CO)NC(=O)CCCCCCc1ccccc1)[C@@H](CCCCc1ccccc1)O[Si](C)(C)C(C)(C)C. The topological polar surface area (TPSA) is 67.8 Å². The molecule has 2 rings (SSSR count). The van der Waals surface area contributed by atoms with Crippen molar-refractivity contribution in [2.24, 2.45) is 0 Å². The summed E-state index contributed by atoms with van der Waals surface area (Å²) >= 11 is 0. The lowest BCUT2D eigenvalue weighted by atomic mass is 9.99. The molecule has 0 bridgehead atoms. The van der Waals surface area contributed by atoms with Crippen molar-refractivity contribution in [1.29, 1.82) is 0 Å². The molecule has 0 aliphatic heterocycles. The fourth-order valence-electron chi connectivity index (χ4n) is 5.22. The second-order valence-corrected chi connectivity index (χ2v) is 25.8. The molecule has 2 N–H and O–H groups in total. The van der Waals surface area contributed by atoms with Gasteiger partial charge in [0.15, 0.2) is 16.6 Å². The smallest absolute Gasteiger partial charge is 0.220 e. The number of aryl methyl sites for hydroxylation is 2. The van der Waals surface area contributed by atoms with Crippen LogP contribution in [-0.4, -0.2) is 52.5 Å². The fourth-order valence-corrected chi connectivity index (χ4v) is 7.93. The van der Waals surface area contributed by atoms with Gasteiger partial charge in [-0.15, -0.1) is 0 Å². The molecule has 46 heavy (non-hydrogen) atoms. The summed E-state index contributed by atoms with van der Waals surface area (Å²) in [5.74, 6) is -0.0129. The summed E-state index contributed by atoms with van der Waals surface area (Å²) in [6.07, 6.45) is 8.87. The fraction of sp³-hybridized carbons (Fsp3) is 0.667. The van der Waals surface area contributed by atoms with E-state index in [-0.39, 0.29) is 28.7 Å². The number of aliphatic hydroxyl groups is 1. The molecule has 0 saturated carbocycles. The first-order chi connectivity index (χ1) is 21.5. The Morgan fingerprint density at radius 2 is 1.15 bits per heavy atom. The zero-order valence-electron chi connectivity index (χ0n) is 31.0. The number of aliphatic hydroxyl groups excluding tert-OH is 1. The van der Waals surface area contributed by atoms with Crippen LogP contribution in [0.5, 0.6) is 0 Å². The highest BCUT2D eigenvalue weighted by Crippen LogP contribution is 2.41. The molecule has 0 aromatic heterocycles. The second-order valence-electron chi connectivity index (χ2n) is 16.2. The first-order valence-corrected chi connectivity index (χ1v) is 23.6. The standard InChI is InChI=1S/C39H67NO4Si2/c1-38(2,3)45(7,8)43-35(29-22-21-28-33-26-18-14-19-27-33)37(44-46(9,10)39(4,5)6)34(31-41)40-36(42)30-20-12-11-15-23-32-24-16-13-17-25-32/h13-14,16-19,24-27,34-35,37,41H,11-12,15,20-23,28-31H2,1-10H3,(H,40,42)/t34-,35+,37-/m0/s1. The van der Waals surface area contributed by atoms with Gasteiger partial charge in [-0.05, 0) is 85.9 Å². The van der Waals surface area contributed by atoms with Crippen molar-refractivity contribution in [1.82, 2.24) is 5.32 Å². The number of hydrogen-bond donors (Lipinski definition) is 2. The molecule has 260 valence electrons. The number of carbonyl (C=O) groups is 1. The van der Waals surface area contributed by atoms with E-state index in [1.807, 2.05) is 0 Å². The third-order valence-electron chi connectivity index (χ3n) is 10.3. The highest BCUT2D eigenvalue weighted by Gasteiger charge is 2.46. The molecule has 2 aromatic rings. The second kappa shape index (κ2) is 18.7. The van der Waals surface area contributed by atoms with Gasteiger partial charge in [-0.2, -0.15) is 0 Å². The van der Waals surface area contributed by atoms with Gasteiger partial charge < -0.3 is 19.3 Å². The Balaban J connectivity index is 2.18. The number of benzene rings is 2. The van der Waals surface area contributed by atoms with E-state index in [4.69, 9.17) is 8.85 Å². The third kappa shape index (κ3) is 13.8. The van der Waals surface area contributed by atoms with Gasteiger partial charge in [0.25, 0.3) is 0 Å². The van der Waals surface area contributed by atoms with Gasteiger partial charge >= 0.3 is 0 Å². The molecular weight excluding hydrogens is 603 g/mol. The molecule has 0 aliphatic carbocycles. The van der Waals surface area contributed by atoms with Crippen LogP contribution in [-0.2, 0) is 26.5 Å². The minimum Gasteiger partial charge on any atom is -0.411 e. The summed E-state index contributed by atoms with van der Waals surface area (Å²) in [7, 11) is -4.47. The Kier molecular flexibility index (Phi) is 16.4. The van der Waals surface area contributed by atoms with Crippen molar-refractivity contribution in [3.05, 3.63) is 71.8 Å². The number of hydrogen-bond acceptors (Lipinski definition) is 4. The van der Waals surface area contributed by atoms with Crippen molar-refractivity contribution < 1.29 is 18.8 Å². The first kappa shape index (κ1) is 40.4. The lowest BCUT2D eigenvalue weighted by molar-refractivity contribution is -0.124. The van der Waals surface area contributed by atoms with E-state index < -0.39 is 28.8 Å². The van der Waals surface area contributed by atoms with Crippen LogP contribution in [0.3, 0.4) is 0 Å². The summed E-state index contributed by atoms with van der Waals surface area (Å²) in [4.78, 5) is 13.3. The summed E-state index contributed by atoms with van der Waals surface area (Å²) in [6, 6.07) is 20.7. The van der Waals surface area contributed by atoms with Crippen LogP contribution in [0.4, 0.5) is 0 Å². The van der Waals surface area contributed by atoms with Crippen LogP contribution < -0.4 is 5.32 Å². The number of amides is 1. The average molecular weight is 670 g/mol. The summed E-state index contributed by atoms with van der Waals surface area (Å²) < 4.78 is 14.3. The summed E-state index contributed by atoms with van der Waals surface area (Å²) in [5.41, 5.74) is 2.72. The molecule has 0 unspecified atom stereocenters. The zero-order valence-corrected chi connectivity index (χ0v) is 33.0. The van der Waals surface area contributed by atoms with Crippen molar-refractivity contribution in [3.8, 4) is 0 Å². The Bertz CT molecular complexity index is 1130. The maximum absolute atomic E-state index is 13.3. The normalized spacial score (nSPS) is 14.9. The van der Waals surface area contributed by atoms with Crippen LogP contribution in [0.1, 0.15) is 104 Å². The lowest BCUT2D eigenvalue weighted by Crippen LogP contribution is -2.59. The van der Waals surface area contributed by atoms with Gasteiger partial charge in [0.2, 0.25) is 5.91 Å². The van der Waals surface area contributed by atoms with Crippen LogP contribution in [0.2, 0.25) is 36.3 Å². The molecule has 0 heterocycles. The number of rotatable bonds is 20. The highest BCUT2D eigenvalue weighted by atomic mass is 28.4. The Labute approximate surface area is 284 Å². The van der Waals surface area contributed by atoms with E-state index in [9.17, 15) is 9.90 Å². The van der Waals surface area contributed by atoms with Gasteiger partial charge in [-0.25, -0.2) is 0 Å². The largest absolute Gasteiger partial charge is 0.411 e. The lowest BCUT2D eigenvalue weighted by Gasteiger charge is -2.47. The summed E-state index contributed by atoms with van der Waals surface area (Å²) in [5, 5.41) is 14.0. The Hall–Kier alpha value is -1.78. The van der Waals surface area contributed by atoms with Gasteiger partial charge in [-0.1, -0.05) is 121 Å². The van der Waals surface area contributed by atoms with E-state index in [1.165, 1.54) is 11.1 Å². The Morgan fingerprint density at radius 1 is 0.696 bits per heavy atom. The van der Waals surface area contributed by atoms with E-state index in [1.54, 1.807) is 0 Å². The predicted molar refractivity (Wildman–Crippen MR) is 200 cm³/mol. The molecule has 0 spiro atoms. The average Bonchev–Trinajstić information content (AvgIpc) is 2.98. The maximum atomic E-state index is 13.3. The van der Waals surface area contributed by atoms with Crippen molar-refractivity contribution in [3.63, 3.8) is 0 Å². The molecule has 5 nitrogen and oxygen atoms in total. The van der Waals surface area contributed by atoms with E-state index in [0.717, 1.165) is 57.8 Å². The van der Waals surface area contributed by atoms with Gasteiger partial charge in [0.1, 0.15) is 0 Å². The van der Waals surface area contributed by atoms with E-state index in [0.29, 0.717) is 6.42 Å². The van der Waals surface area contributed by atoms with Gasteiger partial charge in [-0.3, -0.25) is 4.79 Å². The Morgan fingerprint density at radius 3 is 1.63 bits per heavy atom. The number of unbranched alkanes of at least 4 members (excludes halogenated alkanes) is 4. The van der Waals surface area contributed by atoms with Crippen LogP contribution in [0.25, 0.3) is 0 Å². The predicted octanol–water partition coefficient (Wildman–Crippen LogP) is 9.85. The van der Waals surface area contributed by atoms with E-state index >= 15 is 0 Å². The minimum atomic E-state index is -2.28. The molecule has 3 atom stereocenters. The maximum Gasteiger partial charge on any atom is 0.220 e. The molecule has 1 amide bonds. The van der Waals surface area contributed by atoms with Crippen molar-refractivity contribution >= 4 is 22.5 Å². The summed E-state index contributed by atoms with van der Waals surface area (Å²) in [6.45, 7) is 22.4. The van der Waals surface area contributed by atoms with Crippen LogP contribution in [0.15, 0.2) is 60.7 Å². The van der Waals surface area contributed by atoms with E-state index in [2.05, 4.69) is 134 Å². The molecule has 7 heteroatoms. The highest BCUT2D eigenvalue weighted by molar-refractivity contribution is 6.74. The molecular formula is C39H67NO4Si2. The van der Waals surface area contributed by atoms with Crippen molar-refractivity contribution in [2.75, 3.05) is 6.61 Å². The minimum absolute atomic E-state index is 0.0129. The quantitative estimate of drug-likeness (QED) is 0.109.